The Morgan fingerprint density at radius 3 is 2.52 bits per heavy atom. The second kappa shape index (κ2) is 12.1. The van der Waals surface area contributed by atoms with Crippen LogP contribution in [0, 0.1) is 17.8 Å². The van der Waals surface area contributed by atoms with E-state index in [9.17, 15) is 9.59 Å². The number of carbonyl (C=O) groups is 2. The van der Waals surface area contributed by atoms with Gasteiger partial charge in [-0.1, -0.05) is 45.4 Å². The van der Waals surface area contributed by atoms with Crippen molar-refractivity contribution in [2.75, 3.05) is 32.8 Å². The van der Waals surface area contributed by atoms with Crippen LogP contribution in [-0.4, -0.2) is 66.5 Å². The van der Waals surface area contributed by atoms with Gasteiger partial charge in [0.25, 0.3) is 0 Å². The fraction of sp³-hybridized carbons (Fsp3) is 0.692. The molecule has 1 aromatic carbocycles. The van der Waals surface area contributed by atoms with Gasteiger partial charge in [0.2, 0.25) is 11.8 Å². The van der Waals surface area contributed by atoms with Crippen LogP contribution in [0.15, 0.2) is 24.3 Å². The van der Waals surface area contributed by atoms with E-state index in [-0.39, 0.29) is 23.9 Å². The van der Waals surface area contributed by atoms with E-state index >= 15 is 0 Å². The number of amides is 2. The molecule has 33 heavy (non-hydrogen) atoms. The van der Waals surface area contributed by atoms with Crippen LogP contribution in [0.2, 0.25) is 5.02 Å². The summed E-state index contributed by atoms with van der Waals surface area (Å²) in [5.41, 5.74) is 0. The predicted molar refractivity (Wildman–Crippen MR) is 132 cm³/mol. The van der Waals surface area contributed by atoms with E-state index in [1.807, 2.05) is 34.1 Å². The Kier molecular flexibility index (Phi) is 9.45. The summed E-state index contributed by atoms with van der Waals surface area (Å²) in [6.07, 6.45) is 3.32. The number of nitrogens with one attached hydrogen (secondary N) is 1. The zero-order chi connectivity index (χ0) is 24.0. The highest BCUT2D eigenvalue weighted by Gasteiger charge is 2.39. The van der Waals surface area contributed by atoms with E-state index in [1.165, 1.54) is 0 Å². The van der Waals surface area contributed by atoms with Crippen molar-refractivity contribution in [3.63, 3.8) is 0 Å². The number of nitrogens with zero attached hydrogens (tertiary/aromatic N) is 2. The van der Waals surface area contributed by atoms with Crippen LogP contribution in [0.3, 0.4) is 0 Å². The first-order valence-corrected chi connectivity index (χ1v) is 12.8. The Bertz CT molecular complexity index is 793. The molecule has 2 heterocycles. The SMILES string of the molecule is CC(C)C[C@@H]1NCCN([C@@H](CC(C)C)C(=O)N2CCC(COc3cccc(Cl)c3)CC2)C1=O. The number of hydrogen-bond donors (Lipinski definition) is 1. The third kappa shape index (κ3) is 7.35. The normalized spacial score (nSPS) is 21.1. The summed E-state index contributed by atoms with van der Waals surface area (Å²) in [5, 5.41) is 4.02. The molecule has 0 spiro atoms. The van der Waals surface area contributed by atoms with E-state index in [4.69, 9.17) is 16.3 Å². The van der Waals surface area contributed by atoms with Crippen molar-refractivity contribution in [1.82, 2.24) is 15.1 Å². The molecule has 2 aliphatic heterocycles. The summed E-state index contributed by atoms with van der Waals surface area (Å²) in [6, 6.07) is 6.91. The predicted octanol–water partition coefficient (Wildman–Crippen LogP) is 4.22. The number of likely N-dealkylation sites (tertiary alicyclic amines) is 1. The lowest BCUT2D eigenvalue weighted by Crippen LogP contribution is -2.62. The molecular formula is C26H40ClN3O3. The average Bonchev–Trinajstić information content (AvgIpc) is 2.77. The van der Waals surface area contributed by atoms with Crippen LogP contribution in [-0.2, 0) is 9.59 Å². The number of piperazine rings is 1. The van der Waals surface area contributed by atoms with Gasteiger partial charge in [-0.15, -0.1) is 0 Å². The van der Waals surface area contributed by atoms with E-state index < -0.39 is 0 Å². The molecular weight excluding hydrogens is 438 g/mol. The molecule has 1 aromatic rings. The van der Waals surface area contributed by atoms with Gasteiger partial charge in [-0.05, 0) is 61.6 Å². The summed E-state index contributed by atoms with van der Waals surface area (Å²) >= 11 is 6.04. The number of halogens is 1. The van der Waals surface area contributed by atoms with Crippen molar-refractivity contribution in [2.45, 2.75) is 65.5 Å². The number of carbonyl (C=O) groups excluding carboxylic acids is 2. The van der Waals surface area contributed by atoms with E-state index in [1.54, 1.807) is 0 Å². The van der Waals surface area contributed by atoms with Crippen LogP contribution in [0.4, 0.5) is 0 Å². The zero-order valence-corrected chi connectivity index (χ0v) is 21.3. The molecule has 0 unspecified atom stereocenters. The van der Waals surface area contributed by atoms with Crippen molar-refractivity contribution in [1.29, 1.82) is 0 Å². The van der Waals surface area contributed by atoms with Gasteiger partial charge in [-0.2, -0.15) is 0 Å². The van der Waals surface area contributed by atoms with Gasteiger partial charge in [0.1, 0.15) is 11.8 Å². The standard InChI is InChI=1S/C26H40ClN3O3/c1-18(2)14-23-25(31)30(13-10-28-23)24(15-19(3)4)26(32)29-11-8-20(9-12-29)17-33-22-7-5-6-21(27)16-22/h5-7,16,18-20,23-24,28H,8-15,17H2,1-4H3/t23-,24-/m0/s1. The Morgan fingerprint density at radius 2 is 1.88 bits per heavy atom. The topological polar surface area (TPSA) is 61.9 Å². The Hall–Kier alpha value is -1.79. The summed E-state index contributed by atoms with van der Waals surface area (Å²) < 4.78 is 5.93. The number of ether oxygens (including phenoxy) is 1. The van der Waals surface area contributed by atoms with Crippen molar-refractivity contribution in [2.24, 2.45) is 17.8 Å². The van der Waals surface area contributed by atoms with Crippen LogP contribution in [0.1, 0.15) is 53.4 Å². The van der Waals surface area contributed by atoms with Gasteiger partial charge in [0, 0.05) is 31.2 Å². The van der Waals surface area contributed by atoms with Crippen molar-refractivity contribution in [3.8, 4) is 5.75 Å². The molecule has 0 aliphatic carbocycles. The molecule has 184 valence electrons. The highest BCUT2D eigenvalue weighted by Crippen LogP contribution is 2.25. The summed E-state index contributed by atoms with van der Waals surface area (Å²) in [6.45, 7) is 11.9. The van der Waals surface area contributed by atoms with Gasteiger partial charge < -0.3 is 19.9 Å². The summed E-state index contributed by atoms with van der Waals surface area (Å²) in [5.74, 6) is 2.15. The Balaban J connectivity index is 1.58. The third-order valence-electron chi connectivity index (χ3n) is 6.60. The first-order valence-electron chi connectivity index (χ1n) is 12.5. The molecule has 0 aromatic heterocycles. The van der Waals surface area contributed by atoms with Gasteiger partial charge in [-0.3, -0.25) is 9.59 Å². The average molecular weight is 478 g/mol. The van der Waals surface area contributed by atoms with Crippen molar-refractivity contribution in [3.05, 3.63) is 29.3 Å². The zero-order valence-electron chi connectivity index (χ0n) is 20.6. The molecule has 3 rings (SSSR count). The smallest absolute Gasteiger partial charge is 0.245 e. The monoisotopic (exact) mass is 477 g/mol. The maximum absolute atomic E-state index is 13.6. The molecule has 2 saturated heterocycles. The van der Waals surface area contributed by atoms with E-state index in [0.29, 0.717) is 55.4 Å². The molecule has 2 fully saturated rings. The lowest BCUT2D eigenvalue weighted by atomic mass is 9.94. The second-order valence-electron chi connectivity index (χ2n) is 10.4. The molecule has 2 amide bonds. The van der Waals surface area contributed by atoms with Gasteiger partial charge in [0.05, 0.1) is 12.6 Å². The number of hydrogen-bond acceptors (Lipinski definition) is 4. The summed E-state index contributed by atoms with van der Waals surface area (Å²) in [4.78, 5) is 30.7. The molecule has 1 N–H and O–H groups in total. The number of piperidine rings is 1. The minimum Gasteiger partial charge on any atom is -0.493 e. The van der Waals surface area contributed by atoms with Gasteiger partial charge >= 0.3 is 0 Å². The molecule has 2 aliphatic rings. The van der Waals surface area contributed by atoms with Gasteiger partial charge in [-0.25, -0.2) is 0 Å². The summed E-state index contributed by atoms with van der Waals surface area (Å²) in [7, 11) is 0. The highest BCUT2D eigenvalue weighted by atomic mass is 35.5. The molecule has 2 atom stereocenters. The lowest BCUT2D eigenvalue weighted by molar-refractivity contribution is -0.150. The minimum absolute atomic E-state index is 0.0822. The fourth-order valence-electron chi connectivity index (χ4n) is 4.83. The maximum Gasteiger partial charge on any atom is 0.245 e. The number of benzene rings is 1. The fourth-order valence-corrected chi connectivity index (χ4v) is 5.01. The lowest BCUT2D eigenvalue weighted by Gasteiger charge is -2.42. The molecule has 7 heteroatoms. The number of rotatable bonds is 9. The van der Waals surface area contributed by atoms with Crippen LogP contribution >= 0.6 is 11.6 Å². The van der Waals surface area contributed by atoms with Crippen molar-refractivity contribution < 1.29 is 14.3 Å². The quantitative estimate of drug-likeness (QED) is 0.578. The van der Waals surface area contributed by atoms with Crippen LogP contribution in [0.5, 0.6) is 5.75 Å². The van der Waals surface area contributed by atoms with Gasteiger partial charge in [0.15, 0.2) is 0 Å². The second-order valence-corrected chi connectivity index (χ2v) is 10.8. The van der Waals surface area contributed by atoms with E-state index in [2.05, 4.69) is 33.0 Å². The maximum atomic E-state index is 13.6. The Morgan fingerprint density at radius 1 is 1.15 bits per heavy atom. The highest BCUT2D eigenvalue weighted by molar-refractivity contribution is 6.30. The van der Waals surface area contributed by atoms with Crippen LogP contribution < -0.4 is 10.1 Å². The minimum atomic E-state index is -0.367. The van der Waals surface area contributed by atoms with Crippen LogP contribution in [0.25, 0.3) is 0 Å². The first-order chi connectivity index (χ1) is 15.7. The van der Waals surface area contributed by atoms with Crippen molar-refractivity contribution >= 4 is 23.4 Å². The molecule has 0 saturated carbocycles. The molecule has 0 bridgehead atoms. The molecule has 6 nitrogen and oxygen atoms in total. The molecule has 0 radical (unpaired) electrons. The largest absolute Gasteiger partial charge is 0.493 e. The van der Waals surface area contributed by atoms with E-state index in [0.717, 1.165) is 31.6 Å². The Labute approximate surface area is 204 Å². The first kappa shape index (κ1) is 25.8. The third-order valence-corrected chi connectivity index (χ3v) is 6.83.